The van der Waals surface area contributed by atoms with Gasteiger partial charge >= 0.3 is 6.09 Å². The van der Waals surface area contributed by atoms with E-state index in [0.29, 0.717) is 24.6 Å². The van der Waals surface area contributed by atoms with Crippen LogP contribution >= 0.6 is 0 Å². The Morgan fingerprint density at radius 3 is 2.85 bits per heavy atom. The number of rotatable bonds is 2. The first-order valence-electron chi connectivity index (χ1n) is 9.44. The topological polar surface area (TPSA) is 58.6 Å². The van der Waals surface area contributed by atoms with Crippen molar-refractivity contribution in [1.29, 1.82) is 0 Å². The van der Waals surface area contributed by atoms with Crippen LogP contribution in [0.4, 0.5) is 9.18 Å². The number of benzene rings is 1. The van der Waals surface area contributed by atoms with Crippen molar-refractivity contribution in [3.8, 4) is 0 Å². The largest absolute Gasteiger partial charge is 0.447 e. The molecule has 26 heavy (non-hydrogen) atoms. The number of hydrogen-bond donors (Lipinski definition) is 1. The molecule has 5 nitrogen and oxygen atoms in total. The van der Waals surface area contributed by atoms with Gasteiger partial charge < -0.3 is 15.0 Å². The standard InChI is InChI=1S/C20H23FN2O3/c1-12-2-3-13(8-16(12)21)19-6-7-23(10-14(19)9-19)17(24)15-4-5-20(15)11-26-18(25)22-20/h2-3,8,14-15H,4-7,9-11H2,1H3,(H,22,25). The van der Waals surface area contributed by atoms with Crippen LogP contribution < -0.4 is 5.32 Å². The maximum absolute atomic E-state index is 14.0. The molecule has 2 saturated heterocycles. The molecule has 0 radical (unpaired) electrons. The molecule has 2 heterocycles. The van der Waals surface area contributed by atoms with Gasteiger partial charge in [0.25, 0.3) is 0 Å². The van der Waals surface area contributed by atoms with Crippen molar-refractivity contribution in [3.63, 3.8) is 0 Å². The van der Waals surface area contributed by atoms with Crippen LogP contribution in [0.2, 0.25) is 0 Å². The fraction of sp³-hybridized carbons (Fsp3) is 0.600. The fourth-order valence-corrected chi connectivity index (χ4v) is 5.23. The molecule has 1 aromatic rings. The van der Waals surface area contributed by atoms with E-state index in [2.05, 4.69) is 5.32 Å². The zero-order chi connectivity index (χ0) is 18.1. The molecule has 138 valence electrons. The second-order valence-electron chi connectivity index (χ2n) is 8.50. The first-order chi connectivity index (χ1) is 12.4. The number of hydrogen-bond acceptors (Lipinski definition) is 3. The second kappa shape index (κ2) is 5.21. The average Bonchev–Trinajstić information content (AvgIpc) is 3.21. The highest BCUT2D eigenvalue weighted by molar-refractivity contribution is 5.84. The Kier molecular flexibility index (Phi) is 3.22. The molecule has 0 bridgehead atoms. The molecule has 5 rings (SSSR count). The van der Waals surface area contributed by atoms with E-state index < -0.39 is 11.6 Å². The third kappa shape index (κ3) is 2.14. The number of nitrogens with one attached hydrogen (secondary N) is 1. The van der Waals surface area contributed by atoms with Gasteiger partial charge in [-0.15, -0.1) is 0 Å². The number of piperidine rings is 1. The quantitative estimate of drug-likeness (QED) is 0.884. The number of cyclic esters (lactones) is 1. The van der Waals surface area contributed by atoms with Crippen LogP contribution in [-0.2, 0) is 14.9 Å². The van der Waals surface area contributed by atoms with Gasteiger partial charge in [-0.2, -0.15) is 0 Å². The summed E-state index contributed by atoms with van der Waals surface area (Å²) in [5.74, 6) is 0.233. The van der Waals surface area contributed by atoms with Gasteiger partial charge in [-0.3, -0.25) is 4.79 Å². The van der Waals surface area contributed by atoms with Crippen molar-refractivity contribution in [1.82, 2.24) is 10.2 Å². The first kappa shape index (κ1) is 16.1. The minimum Gasteiger partial charge on any atom is -0.447 e. The Hall–Kier alpha value is -2.11. The molecular weight excluding hydrogens is 335 g/mol. The molecule has 4 fully saturated rings. The van der Waals surface area contributed by atoms with E-state index in [0.717, 1.165) is 37.8 Å². The summed E-state index contributed by atoms with van der Waals surface area (Å²) >= 11 is 0. The van der Waals surface area contributed by atoms with Crippen molar-refractivity contribution in [2.45, 2.75) is 43.6 Å². The van der Waals surface area contributed by atoms with Gasteiger partial charge in [0.2, 0.25) is 5.91 Å². The highest BCUT2D eigenvalue weighted by Crippen LogP contribution is 2.59. The minimum absolute atomic E-state index is 0.0489. The van der Waals surface area contributed by atoms with Crippen molar-refractivity contribution in [3.05, 3.63) is 35.1 Å². The molecule has 1 N–H and O–H groups in total. The number of likely N-dealkylation sites (tertiary alicyclic amines) is 1. The second-order valence-corrected chi connectivity index (χ2v) is 8.50. The lowest BCUT2D eigenvalue weighted by molar-refractivity contribution is -0.144. The van der Waals surface area contributed by atoms with Gasteiger partial charge in [0, 0.05) is 18.5 Å². The Labute approximate surface area is 151 Å². The number of carbonyl (C=O) groups excluding carboxylic acids is 2. The minimum atomic E-state index is -0.480. The number of carbonyl (C=O) groups is 2. The molecule has 2 amide bonds. The van der Waals surface area contributed by atoms with Crippen molar-refractivity contribution in [2.75, 3.05) is 19.7 Å². The summed E-state index contributed by atoms with van der Waals surface area (Å²) in [4.78, 5) is 26.4. The Balaban J connectivity index is 1.28. The number of nitrogens with zero attached hydrogens (tertiary/aromatic N) is 1. The molecule has 1 aromatic carbocycles. The van der Waals surface area contributed by atoms with E-state index in [1.54, 1.807) is 13.0 Å². The van der Waals surface area contributed by atoms with Gasteiger partial charge in [0.15, 0.2) is 0 Å². The van der Waals surface area contributed by atoms with Gasteiger partial charge in [-0.05, 0) is 55.7 Å². The van der Waals surface area contributed by atoms with E-state index in [9.17, 15) is 14.0 Å². The molecule has 0 aromatic heterocycles. The van der Waals surface area contributed by atoms with E-state index in [4.69, 9.17) is 4.74 Å². The van der Waals surface area contributed by atoms with Gasteiger partial charge in [-0.1, -0.05) is 12.1 Å². The maximum atomic E-state index is 14.0. The van der Waals surface area contributed by atoms with E-state index in [-0.39, 0.29) is 23.1 Å². The van der Waals surface area contributed by atoms with Gasteiger partial charge in [-0.25, -0.2) is 9.18 Å². The van der Waals surface area contributed by atoms with Crippen LogP contribution in [0, 0.1) is 24.6 Å². The highest BCUT2D eigenvalue weighted by Gasteiger charge is 2.61. The summed E-state index contributed by atoms with van der Waals surface area (Å²) < 4.78 is 19.0. The third-order valence-corrected chi connectivity index (χ3v) is 7.22. The highest BCUT2D eigenvalue weighted by atomic mass is 19.1. The predicted molar refractivity (Wildman–Crippen MR) is 92.1 cm³/mol. The molecule has 2 saturated carbocycles. The van der Waals surface area contributed by atoms with Crippen LogP contribution in [0.5, 0.6) is 0 Å². The summed E-state index contributed by atoms with van der Waals surface area (Å²) in [5, 5.41) is 2.85. The van der Waals surface area contributed by atoms with E-state index in [1.165, 1.54) is 0 Å². The lowest BCUT2D eigenvalue weighted by Crippen LogP contribution is -2.63. The molecule has 6 heteroatoms. The summed E-state index contributed by atoms with van der Waals surface area (Å²) in [7, 11) is 0. The average molecular weight is 358 g/mol. The van der Waals surface area contributed by atoms with Crippen molar-refractivity contribution in [2.24, 2.45) is 11.8 Å². The van der Waals surface area contributed by atoms with Crippen LogP contribution in [0.3, 0.4) is 0 Å². The smallest absolute Gasteiger partial charge is 0.407 e. The molecule has 4 unspecified atom stereocenters. The van der Waals surface area contributed by atoms with E-state index >= 15 is 0 Å². The summed E-state index contributed by atoms with van der Waals surface area (Å²) in [6.07, 6.45) is 3.10. The van der Waals surface area contributed by atoms with Crippen LogP contribution in [-0.4, -0.2) is 42.1 Å². The molecule has 2 aliphatic heterocycles. The zero-order valence-corrected chi connectivity index (χ0v) is 14.9. The Morgan fingerprint density at radius 1 is 1.38 bits per heavy atom. The summed E-state index contributed by atoms with van der Waals surface area (Å²) in [6.45, 7) is 3.51. The fourth-order valence-electron chi connectivity index (χ4n) is 5.23. The normalized spacial score (nSPS) is 37.6. The number of fused-ring (bicyclic) bond motifs is 1. The number of alkyl carbamates (subject to hydrolysis) is 1. The molecule has 4 atom stereocenters. The maximum Gasteiger partial charge on any atom is 0.407 e. The number of aryl methyl sites for hydroxylation is 1. The number of halogens is 1. The van der Waals surface area contributed by atoms with Gasteiger partial charge in [0.05, 0.1) is 11.5 Å². The number of ether oxygens (including phenoxy) is 1. The summed E-state index contributed by atoms with van der Waals surface area (Å²) in [6, 6.07) is 5.58. The Morgan fingerprint density at radius 2 is 2.23 bits per heavy atom. The van der Waals surface area contributed by atoms with E-state index in [1.807, 2.05) is 17.0 Å². The zero-order valence-electron chi connectivity index (χ0n) is 14.9. The Bertz CT molecular complexity index is 812. The number of amides is 2. The third-order valence-electron chi connectivity index (χ3n) is 7.22. The lowest BCUT2D eigenvalue weighted by atomic mass is 9.66. The SMILES string of the molecule is Cc1ccc(C23CCN(C(=O)C4CCC45COC(=O)N5)CC2C3)cc1F. The van der Waals surface area contributed by atoms with Crippen LogP contribution in [0.1, 0.15) is 36.8 Å². The predicted octanol–water partition coefficient (Wildman–Crippen LogP) is 2.51. The monoisotopic (exact) mass is 358 g/mol. The van der Waals surface area contributed by atoms with Crippen LogP contribution in [0.25, 0.3) is 0 Å². The van der Waals surface area contributed by atoms with Gasteiger partial charge in [0.1, 0.15) is 12.4 Å². The lowest BCUT2D eigenvalue weighted by Gasteiger charge is -2.46. The molecule has 4 aliphatic rings. The molecule has 1 spiro atoms. The first-order valence-corrected chi connectivity index (χ1v) is 9.44. The molecule has 2 aliphatic carbocycles. The summed E-state index contributed by atoms with van der Waals surface area (Å²) in [5.41, 5.74) is 1.32. The van der Waals surface area contributed by atoms with Crippen LogP contribution in [0.15, 0.2) is 18.2 Å². The van der Waals surface area contributed by atoms with Crippen molar-refractivity contribution < 1.29 is 18.7 Å². The van der Waals surface area contributed by atoms with Crippen molar-refractivity contribution >= 4 is 12.0 Å². The molecular formula is C20H23FN2O3.